The van der Waals surface area contributed by atoms with Crippen LogP contribution in [0, 0.1) is 0 Å². The van der Waals surface area contributed by atoms with E-state index in [9.17, 15) is 4.79 Å². The predicted molar refractivity (Wildman–Crippen MR) is 122 cm³/mol. The van der Waals surface area contributed by atoms with Gasteiger partial charge in [0.05, 0.1) is 11.4 Å². The summed E-state index contributed by atoms with van der Waals surface area (Å²) in [6.07, 6.45) is 2.54. The molecule has 0 bridgehead atoms. The summed E-state index contributed by atoms with van der Waals surface area (Å²) < 4.78 is 7.70. The molecule has 2 aromatic heterocycles. The number of thioether (sulfide) groups is 1. The van der Waals surface area contributed by atoms with E-state index in [1.807, 2.05) is 54.6 Å². The summed E-state index contributed by atoms with van der Waals surface area (Å²) in [5.74, 6) is 1.59. The van der Waals surface area contributed by atoms with Crippen molar-refractivity contribution in [3.05, 3.63) is 106 Å². The molecule has 0 fully saturated rings. The van der Waals surface area contributed by atoms with E-state index in [0.29, 0.717) is 13.2 Å². The molecule has 0 spiro atoms. The third-order valence-electron chi connectivity index (χ3n) is 5.29. The summed E-state index contributed by atoms with van der Waals surface area (Å²) in [5.41, 5.74) is 5.09. The Balaban J connectivity index is 1.38. The van der Waals surface area contributed by atoms with Crippen molar-refractivity contribution >= 4 is 11.8 Å². The lowest BCUT2D eigenvalue weighted by Gasteiger charge is -2.22. The highest BCUT2D eigenvalue weighted by atomic mass is 32.2. The van der Waals surface area contributed by atoms with Gasteiger partial charge in [0, 0.05) is 24.1 Å². The van der Waals surface area contributed by atoms with Crippen LogP contribution in [-0.2, 0) is 25.3 Å². The Labute approximate surface area is 184 Å². The molecule has 3 heterocycles. The second-order valence-electron chi connectivity index (χ2n) is 7.37. The third kappa shape index (κ3) is 4.39. The van der Waals surface area contributed by atoms with E-state index >= 15 is 0 Å². The minimum absolute atomic E-state index is 0.186. The zero-order chi connectivity index (χ0) is 21.0. The van der Waals surface area contributed by atoms with Gasteiger partial charge in [0.1, 0.15) is 17.4 Å². The lowest BCUT2D eigenvalue weighted by atomic mass is 9.97. The summed E-state index contributed by atoms with van der Waals surface area (Å²) in [6.45, 7) is 1.06. The topological polar surface area (TPSA) is 57.0 Å². The number of aromatic nitrogens is 3. The van der Waals surface area contributed by atoms with Crippen LogP contribution in [-0.4, -0.2) is 14.5 Å². The molecule has 0 amide bonds. The van der Waals surface area contributed by atoms with Crippen LogP contribution in [0.1, 0.15) is 16.8 Å². The molecule has 0 aliphatic carbocycles. The monoisotopic (exact) mass is 427 g/mol. The van der Waals surface area contributed by atoms with E-state index < -0.39 is 0 Å². The molecule has 5 rings (SSSR count). The summed E-state index contributed by atoms with van der Waals surface area (Å²) in [5, 5.41) is 0.753. The fraction of sp³-hybridized carbons (Fsp3) is 0.160. The van der Waals surface area contributed by atoms with Crippen molar-refractivity contribution in [3.8, 4) is 17.0 Å². The second-order valence-corrected chi connectivity index (χ2v) is 8.36. The van der Waals surface area contributed by atoms with Crippen molar-refractivity contribution in [2.24, 2.45) is 0 Å². The van der Waals surface area contributed by atoms with Crippen LogP contribution in [0.25, 0.3) is 11.3 Å². The average molecular weight is 428 g/mol. The van der Waals surface area contributed by atoms with Crippen molar-refractivity contribution in [2.45, 2.75) is 30.4 Å². The smallest absolute Gasteiger partial charge is 0.349 e. The predicted octanol–water partition coefficient (Wildman–Crippen LogP) is 4.73. The highest BCUT2D eigenvalue weighted by Crippen LogP contribution is 2.33. The van der Waals surface area contributed by atoms with Crippen molar-refractivity contribution in [2.75, 3.05) is 0 Å². The maximum Gasteiger partial charge on any atom is 0.349 e. The molecule has 31 heavy (non-hydrogen) atoms. The van der Waals surface area contributed by atoms with E-state index in [1.165, 1.54) is 11.1 Å². The minimum atomic E-state index is -0.186. The molecule has 4 aromatic rings. The summed E-state index contributed by atoms with van der Waals surface area (Å²) in [6, 6.07) is 24.1. The summed E-state index contributed by atoms with van der Waals surface area (Å²) in [7, 11) is 0. The molecule has 0 radical (unpaired) electrons. The molecule has 6 heteroatoms. The molecule has 0 saturated carbocycles. The first-order valence-electron chi connectivity index (χ1n) is 10.2. The van der Waals surface area contributed by atoms with Gasteiger partial charge in [-0.3, -0.25) is 9.55 Å². The van der Waals surface area contributed by atoms with Crippen molar-refractivity contribution in [1.29, 1.82) is 0 Å². The number of ether oxygens (including phenoxy) is 1. The van der Waals surface area contributed by atoms with Crippen LogP contribution >= 0.6 is 11.8 Å². The van der Waals surface area contributed by atoms with Crippen LogP contribution in [0.2, 0.25) is 0 Å². The van der Waals surface area contributed by atoms with Crippen LogP contribution in [0.3, 0.4) is 0 Å². The Hall–Kier alpha value is -3.38. The number of benzene rings is 2. The Morgan fingerprint density at radius 1 is 1.00 bits per heavy atom. The Kier molecular flexibility index (Phi) is 5.54. The van der Waals surface area contributed by atoms with Crippen molar-refractivity contribution < 1.29 is 4.74 Å². The largest absolute Gasteiger partial charge is 0.487 e. The molecule has 0 N–H and O–H groups in total. The molecule has 0 unspecified atom stereocenters. The van der Waals surface area contributed by atoms with Crippen molar-refractivity contribution in [1.82, 2.24) is 14.5 Å². The fourth-order valence-electron chi connectivity index (χ4n) is 3.72. The van der Waals surface area contributed by atoms with Crippen molar-refractivity contribution in [3.63, 3.8) is 0 Å². The van der Waals surface area contributed by atoms with Crippen LogP contribution in [0.15, 0.2) is 88.8 Å². The standard InChI is InChI=1S/C25H21N3O2S/c29-25-27-24(31-17-18-6-2-1-3-7-18)15-23-22-10-9-21(14-19(22)11-13-28(23)25)30-16-20-8-4-5-12-26-20/h1-10,12,14-15H,11,13,16-17H2. The Bertz CT molecular complexity index is 1260. The van der Waals surface area contributed by atoms with E-state index in [4.69, 9.17) is 4.74 Å². The first kappa shape index (κ1) is 19.6. The number of aryl methyl sites for hydroxylation is 1. The van der Waals surface area contributed by atoms with Crippen LogP contribution in [0.5, 0.6) is 5.75 Å². The number of nitrogens with zero attached hydrogens (tertiary/aromatic N) is 3. The first-order valence-corrected chi connectivity index (χ1v) is 11.2. The molecule has 154 valence electrons. The third-order valence-corrected chi connectivity index (χ3v) is 6.27. The summed E-state index contributed by atoms with van der Waals surface area (Å²) in [4.78, 5) is 21.2. The second kappa shape index (κ2) is 8.78. The number of fused-ring (bicyclic) bond motifs is 3. The Morgan fingerprint density at radius 3 is 2.71 bits per heavy atom. The van der Waals surface area contributed by atoms with E-state index in [0.717, 1.165) is 39.9 Å². The molecular weight excluding hydrogens is 406 g/mol. The first-order chi connectivity index (χ1) is 15.3. The van der Waals surface area contributed by atoms with Gasteiger partial charge >= 0.3 is 5.69 Å². The lowest BCUT2D eigenvalue weighted by molar-refractivity contribution is 0.301. The molecule has 0 atom stereocenters. The zero-order valence-electron chi connectivity index (χ0n) is 16.9. The highest BCUT2D eigenvalue weighted by Gasteiger charge is 2.19. The zero-order valence-corrected chi connectivity index (χ0v) is 17.7. The highest BCUT2D eigenvalue weighted by molar-refractivity contribution is 7.98. The van der Waals surface area contributed by atoms with Crippen LogP contribution < -0.4 is 10.4 Å². The number of hydrogen-bond donors (Lipinski definition) is 0. The maximum absolute atomic E-state index is 12.6. The van der Waals surface area contributed by atoms with Gasteiger partial charge in [-0.15, -0.1) is 11.8 Å². The quantitative estimate of drug-likeness (QED) is 0.329. The molecule has 1 aliphatic heterocycles. The van der Waals surface area contributed by atoms with Gasteiger partial charge in [0.25, 0.3) is 0 Å². The molecule has 5 nitrogen and oxygen atoms in total. The average Bonchev–Trinajstić information content (AvgIpc) is 2.82. The van der Waals surface area contributed by atoms with Gasteiger partial charge in [-0.25, -0.2) is 4.79 Å². The van der Waals surface area contributed by atoms with Gasteiger partial charge in [-0.1, -0.05) is 36.4 Å². The molecule has 2 aromatic carbocycles. The van der Waals surface area contributed by atoms with E-state index in [1.54, 1.807) is 22.5 Å². The summed E-state index contributed by atoms with van der Waals surface area (Å²) >= 11 is 1.59. The number of rotatable bonds is 6. The molecular formula is C25H21N3O2S. The van der Waals surface area contributed by atoms with E-state index in [2.05, 4.69) is 28.2 Å². The van der Waals surface area contributed by atoms with Gasteiger partial charge in [0.15, 0.2) is 0 Å². The lowest BCUT2D eigenvalue weighted by Crippen LogP contribution is -2.28. The Morgan fingerprint density at radius 2 is 1.87 bits per heavy atom. The maximum atomic E-state index is 12.6. The molecule has 0 saturated heterocycles. The van der Waals surface area contributed by atoms with Gasteiger partial charge in [-0.2, -0.15) is 4.98 Å². The minimum Gasteiger partial charge on any atom is -0.487 e. The molecule has 1 aliphatic rings. The normalized spacial score (nSPS) is 12.1. The van der Waals surface area contributed by atoms with Gasteiger partial charge in [-0.05, 0) is 53.9 Å². The number of hydrogen-bond acceptors (Lipinski definition) is 5. The van der Waals surface area contributed by atoms with Gasteiger partial charge < -0.3 is 4.74 Å². The number of pyridine rings is 1. The van der Waals surface area contributed by atoms with Gasteiger partial charge in [0.2, 0.25) is 0 Å². The fourth-order valence-corrected chi connectivity index (χ4v) is 4.56. The van der Waals surface area contributed by atoms with E-state index in [-0.39, 0.29) is 5.69 Å². The SMILES string of the molecule is O=c1nc(SCc2ccccc2)cc2n1CCc1cc(OCc3ccccn3)ccc1-2. The van der Waals surface area contributed by atoms with Crippen LogP contribution in [0.4, 0.5) is 0 Å².